The van der Waals surface area contributed by atoms with Gasteiger partial charge in [0.05, 0.1) is 22.5 Å². The molecule has 9 heteroatoms. The molecule has 1 aliphatic carbocycles. The Morgan fingerprint density at radius 1 is 1.30 bits per heavy atom. The van der Waals surface area contributed by atoms with Crippen LogP contribution in [-0.2, 0) is 0 Å². The Morgan fingerprint density at radius 2 is 2.07 bits per heavy atom. The summed E-state index contributed by atoms with van der Waals surface area (Å²) in [6.45, 7) is -0.926. The van der Waals surface area contributed by atoms with Crippen LogP contribution in [0.3, 0.4) is 0 Å². The van der Waals surface area contributed by atoms with E-state index in [2.05, 4.69) is 20.4 Å². The SMILES string of the molecule is CC1(NC(=O)c2cnc(C(=N)c3cccc(OC(F)F)c3)c(NC3CC3)c2)CSC1. The molecular weight excluding hydrogens is 410 g/mol. The average molecular weight is 432 g/mol. The number of alkyl halides is 2. The summed E-state index contributed by atoms with van der Waals surface area (Å²) in [6.07, 6.45) is 3.47. The molecule has 3 N–H and O–H groups in total. The van der Waals surface area contributed by atoms with E-state index in [-0.39, 0.29) is 28.9 Å². The number of benzene rings is 1. The van der Waals surface area contributed by atoms with Gasteiger partial charge in [-0.15, -0.1) is 0 Å². The second-order valence-electron chi connectivity index (χ2n) is 7.83. The maximum Gasteiger partial charge on any atom is 0.387 e. The Morgan fingerprint density at radius 3 is 2.70 bits per heavy atom. The number of aromatic nitrogens is 1. The van der Waals surface area contributed by atoms with Crippen molar-refractivity contribution >= 4 is 29.1 Å². The molecule has 0 bridgehead atoms. The fourth-order valence-corrected chi connectivity index (χ4v) is 4.10. The summed E-state index contributed by atoms with van der Waals surface area (Å²) in [6, 6.07) is 7.97. The number of nitrogens with zero attached hydrogens (tertiary/aromatic N) is 1. The van der Waals surface area contributed by atoms with Crippen molar-refractivity contribution in [2.24, 2.45) is 0 Å². The van der Waals surface area contributed by atoms with E-state index in [1.165, 1.54) is 18.3 Å². The van der Waals surface area contributed by atoms with Crippen molar-refractivity contribution in [3.63, 3.8) is 0 Å². The molecule has 1 aliphatic heterocycles. The van der Waals surface area contributed by atoms with Gasteiger partial charge in [0.2, 0.25) is 0 Å². The minimum absolute atomic E-state index is 0.0217. The Kier molecular flexibility index (Phi) is 5.64. The number of hydrogen-bond acceptors (Lipinski definition) is 6. The van der Waals surface area contributed by atoms with Crippen LogP contribution in [0.4, 0.5) is 14.5 Å². The minimum Gasteiger partial charge on any atom is -0.435 e. The topological polar surface area (TPSA) is 87.1 Å². The largest absolute Gasteiger partial charge is 0.435 e. The van der Waals surface area contributed by atoms with Gasteiger partial charge in [0.1, 0.15) is 11.4 Å². The first-order chi connectivity index (χ1) is 14.3. The van der Waals surface area contributed by atoms with Crippen LogP contribution in [-0.4, -0.2) is 46.3 Å². The van der Waals surface area contributed by atoms with Gasteiger partial charge in [0.25, 0.3) is 5.91 Å². The normalized spacial score (nSPS) is 17.2. The molecular formula is C21H22F2N4O2S. The third-order valence-electron chi connectivity index (χ3n) is 4.93. The van der Waals surface area contributed by atoms with Crippen molar-refractivity contribution in [3.05, 3.63) is 53.3 Å². The van der Waals surface area contributed by atoms with E-state index in [1.807, 2.05) is 6.92 Å². The molecule has 4 rings (SSSR count). The molecule has 2 heterocycles. The Hall–Kier alpha value is -2.68. The molecule has 30 heavy (non-hydrogen) atoms. The Balaban J connectivity index is 1.60. The van der Waals surface area contributed by atoms with E-state index in [4.69, 9.17) is 5.41 Å². The van der Waals surface area contributed by atoms with Gasteiger partial charge in [-0.25, -0.2) is 0 Å². The predicted molar refractivity (Wildman–Crippen MR) is 113 cm³/mol. The molecule has 0 unspecified atom stereocenters. The molecule has 2 fully saturated rings. The molecule has 2 aromatic rings. The molecule has 0 radical (unpaired) electrons. The number of hydrogen-bond donors (Lipinski definition) is 3. The third kappa shape index (κ3) is 4.72. The zero-order valence-electron chi connectivity index (χ0n) is 16.4. The first-order valence-electron chi connectivity index (χ1n) is 9.64. The number of rotatable bonds is 8. The van der Waals surface area contributed by atoms with Crippen LogP contribution in [0, 0.1) is 5.41 Å². The van der Waals surface area contributed by atoms with E-state index in [0.717, 1.165) is 24.3 Å². The molecule has 1 amide bonds. The molecule has 1 saturated carbocycles. The minimum atomic E-state index is -2.94. The van der Waals surface area contributed by atoms with Crippen LogP contribution in [0.1, 0.15) is 41.4 Å². The van der Waals surface area contributed by atoms with Gasteiger partial charge in [0.15, 0.2) is 0 Å². The lowest BCUT2D eigenvalue weighted by Crippen LogP contribution is -2.55. The van der Waals surface area contributed by atoms with Crippen LogP contribution in [0.25, 0.3) is 0 Å². The standard InChI is InChI=1S/C21H22F2N4O2S/c1-21(10-30-11-21)27-19(28)13-8-16(26-14-5-6-14)18(25-9-13)17(24)12-3-2-4-15(7-12)29-20(22)23/h2-4,7-9,14,20,24,26H,5-6,10-11H2,1H3,(H,27,28). The van der Waals surface area contributed by atoms with Crippen molar-refractivity contribution in [2.75, 3.05) is 16.8 Å². The average Bonchev–Trinajstić information content (AvgIpc) is 3.50. The highest BCUT2D eigenvalue weighted by Gasteiger charge is 2.34. The number of thioether (sulfide) groups is 1. The van der Waals surface area contributed by atoms with Crippen molar-refractivity contribution in [2.45, 2.75) is 38.0 Å². The van der Waals surface area contributed by atoms with E-state index >= 15 is 0 Å². The van der Waals surface area contributed by atoms with Gasteiger partial charge in [-0.1, -0.05) is 12.1 Å². The lowest BCUT2D eigenvalue weighted by atomic mass is 10.0. The van der Waals surface area contributed by atoms with Crippen LogP contribution < -0.4 is 15.4 Å². The number of carbonyl (C=O) groups is 1. The van der Waals surface area contributed by atoms with Crippen molar-refractivity contribution in [1.82, 2.24) is 10.3 Å². The van der Waals surface area contributed by atoms with E-state index in [0.29, 0.717) is 22.5 Å². The second kappa shape index (κ2) is 8.22. The number of amides is 1. The number of anilines is 1. The number of ether oxygens (including phenoxy) is 1. The molecule has 0 atom stereocenters. The van der Waals surface area contributed by atoms with Crippen LogP contribution >= 0.6 is 11.8 Å². The highest BCUT2D eigenvalue weighted by atomic mass is 32.2. The summed E-state index contributed by atoms with van der Waals surface area (Å²) in [7, 11) is 0. The van der Waals surface area contributed by atoms with Crippen LogP contribution in [0.5, 0.6) is 5.75 Å². The summed E-state index contributed by atoms with van der Waals surface area (Å²) >= 11 is 1.78. The maximum absolute atomic E-state index is 12.7. The highest BCUT2D eigenvalue weighted by Crippen LogP contribution is 2.31. The van der Waals surface area contributed by atoms with Gasteiger partial charge in [0, 0.05) is 29.3 Å². The van der Waals surface area contributed by atoms with Gasteiger partial charge < -0.3 is 15.4 Å². The summed E-state index contributed by atoms with van der Waals surface area (Å²) in [5, 5.41) is 14.9. The fraction of sp³-hybridized carbons (Fsp3) is 0.381. The Bertz CT molecular complexity index is 977. The highest BCUT2D eigenvalue weighted by molar-refractivity contribution is 8.00. The molecule has 0 spiro atoms. The first kappa shape index (κ1) is 20.6. The summed E-state index contributed by atoms with van der Waals surface area (Å²) in [5.41, 5.74) is 1.62. The van der Waals surface area contributed by atoms with Crippen LogP contribution in [0.15, 0.2) is 36.5 Å². The Labute approximate surface area is 177 Å². The molecule has 1 saturated heterocycles. The maximum atomic E-state index is 12.7. The summed E-state index contributed by atoms with van der Waals surface area (Å²) in [4.78, 5) is 17.1. The van der Waals surface area contributed by atoms with Crippen LogP contribution in [0.2, 0.25) is 0 Å². The van der Waals surface area contributed by atoms with E-state index in [9.17, 15) is 13.6 Å². The van der Waals surface area contributed by atoms with Crippen molar-refractivity contribution in [1.29, 1.82) is 5.41 Å². The fourth-order valence-electron chi connectivity index (χ4n) is 3.14. The van der Waals surface area contributed by atoms with Crippen molar-refractivity contribution < 1.29 is 18.3 Å². The predicted octanol–water partition coefficient (Wildman–Crippen LogP) is 3.91. The van der Waals surface area contributed by atoms with E-state index in [1.54, 1.807) is 30.0 Å². The summed E-state index contributed by atoms with van der Waals surface area (Å²) < 4.78 is 29.5. The van der Waals surface area contributed by atoms with Gasteiger partial charge >= 0.3 is 6.61 Å². The lowest BCUT2D eigenvalue weighted by Gasteiger charge is -2.38. The number of nitrogens with one attached hydrogen (secondary N) is 3. The van der Waals surface area contributed by atoms with Gasteiger partial charge in [-0.2, -0.15) is 20.5 Å². The van der Waals surface area contributed by atoms with E-state index < -0.39 is 6.61 Å². The van der Waals surface area contributed by atoms with Gasteiger partial charge in [-0.05, 0) is 38.0 Å². The zero-order valence-corrected chi connectivity index (χ0v) is 17.2. The quantitative estimate of drug-likeness (QED) is 0.551. The second-order valence-corrected chi connectivity index (χ2v) is 8.81. The molecule has 1 aromatic carbocycles. The first-order valence-corrected chi connectivity index (χ1v) is 10.8. The van der Waals surface area contributed by atoms with Crippen molar-refractivity contribution in [3.8, 4) is 5.75 Å². The third-order valence-corrected chi connectivity index (χ3v) is 6.61. The van der Waals surface area contributed by atoms with Gasteiger partial charge in [-0.3, -0.25) is 15.2 Å². The lowest BCUT2D eigenvalue weighted by molar-refractivity contribution is -0.0498. The monoisotopic (exact) mass is 432 g/mol. The zero-order chi connectivity index (χ0) is 21.3. The molecule has 1 aromatic heterocycles. The number of pyridine rings is 1. The number of halogens is 2. The molecule has 158 valence electrons. The molecule has 6 nitrogen and oxygen atoms in total. The smallest absolute Gasteiger partial charge is 0.387 e. The molecule has 2 aliphatic rings. The summed E-state index contributed by atoms with van der Waals surface area (Å²) in [5.74, 6) is 1.53. The number of carbonyl (C=O) groups excluding carboxylic acids is 1.